The number of halogens is 2. The third-order valence-corrected chi connectivity index (χ3v) is 15.2. The maximum atomic E-state index is 13.3. The van der Waals surface area contributed by atoms with Gasteiger partial charge in [-0.1, -0.05) is 35.3 Å². The van der Waals surface area contributed by atoms with Crippen molar-refractivity contribution in [1.29, 1.82) is 0 Å². The summed E-state index contributed by atoms with van der Waals surface area (Å²) in [5.74, 6) is 0.914. The van der Waals surface area contributed by atoms with Crippen molar-refractivity contribution in [2.75, 3.05) is 36.1 Å². The molecule has 0 saturated carbocycles. The van der Waals surface area contributed by atoms with E-state index < -0.39 is 26.0 Å². The van der Waals surface area contributed by atoms with E-state index in [1.54, 1.807) is 64.5 Å². The van der Waals surface area contributed by atoms with Crippen LogP contribution in [0.25, 0.3) is 15.4 Å². The van der Waals surface area contributed by atoms with Gasteiger partial charge in [0.05, 0.1) is 59.0 Å². The molecule has 0 bridgehead atoms. The van der Waals surface area contributed by atoms with Crippen molar-refractivity contribution in [3.05, 3.63) is 136 Å². The van der Waals surface area contributed by atoms with Crippen molar-refractivity contribution in [3.8, 4) is 17.2 Å². The molecule has 2 amide bonds. The highest BCUT2D eigenvalue weighted by atomic mass is 35.5. The van der Waals surface area contributed by atoms with Gasteiger partial charge in [0, 0.05) is 38.1 Å². The Kier molecular flexibility index (Phi) is 15.9. The largest absolute Gasteiger partial charge is 0.494 e. The van der Waals surface area contributed by atoms with E-state index in [9.17, 15) is 22.8 Å². The van der Waals surface area contributed by atoms with E-state index >= 15 is 0 Å². The highest BCUT2D eigenvalue weighted by Gasteiger charge is 2.50. The molecule has 15 nitrogen and oxygen atoms in total. The lowest BCUT2D eigenvalue weighted by Gasteiger charge is -2.29. The van der Waals surface area contributed by atoms with Crippen LogP contribution in [-0.4, -0.2) is 92.3 Å². The van der Waals surface area contributed by atoms with Gasteiger partial charge >= 0.3 is 0 Å². The van der Waals surface area contributed by atoms with E-state index in [1.807, 2.05) is 58.7 Å². The standard InChI is InChI=1S/C25H24ClN5O2S.C24H24ClN3O5S2/c1-17-21(11-10-20(27-4)22(17)26)31-23(32)25(2,3)30(24(31)34)13-5-15-33-19-8-6-18(7-9-19)29-14-12-28-16-29;1-15-20(12-11-19(26-5)21(15)25)28-22(30)24(3,4)27(23(28)34)13-6-14-33-17-7-9-18(10-8-17)35(31,32)16(2)29/h6-12,14,16H,5,13,15H2,1-3H3;7-12H,6,13-14H2,1-4H3. The number of carbonyl (C=O) groups is 3. The maximum Gasteiger partial charge on any atom is 0.258 e. The zero-order valence-electron chi connectivity index (χ0n) is 38.8. The first-order valence-electron chi connectivity index (χ1n) is 21.4. The Bertz CT molecular complexity index is 3020. The topological polar surface area (TPSA) is 143 Å². The Morgan fingerprint density at radius 3 is 1.51 bits per heavy atom. The van der Waals surface area contributed by atoms with Gasteiger partial charge in [-0.2, -0.15) is 0 Å². The molecule has 69 heavy (non-hydrogen) atoms. The van der Waals surface area contributed by atoms with Crippen molar-refractivity contribution in [2.24, 2.45) is 0 Å². The molecule has 0 spiro atoms. The van der Waals surface area contributed by atoms with Crippen LogP contribution in [0.2, 0.25) is 10.0 Å². The fourth-order valence-electron chi connectivity index (χ4n) is 7.66. The Labute approximate surface area is 422 Å². The van der Waals surface area contributed by atoms with Crippen LogP contribution in [0.5, 0.6) is 11.5 Å². The minimum absolute atomic E-state index is 0.0834. The second kappa shape index (κ2) is 21.1. The van der Waals surface area contributed by atoms with E-state index in [0.29, 0.717) is 99.0 Å². The van der Waals surface area contributed by atoms with Crippen molar-refractivity contribution in [1.82, 2.24) is 19.4 Å². The first-order chi connectivity index (χ1) is 32.6. The van der Waals surface area contributed by atoms with Gasteiger partial charge in [-0.15, -0.1) is 0 Å². The molecule has 1 aromatic heterocycles. The molecule has 2 fully saturated rings. The molecular weight excluding hydrogens is 980 g/mol. The lowest BCUT2D eigenvalue weighted by Crippen LogP contribution is -2.44. The van der Waals surface area contributed by atoms with Gasteiger partial charge in [-0.05, 0) is 151 Å². The summed E-state index contributed by atoms with van der Waals surface area (Å²) in [7, 11) is -3.97. The normalized spacial score (nSPS) is 15.2. The molecule has 3 heterocycles. The molecule has 5 aromatic rings. The highest BCUT2D eigenvalue weighted by Crippen LogP contribution is 2.41. The number of hydrogen-bond donors (Lipinski definition) is 0. The molecule has 2 aliphatic rings. The monoisotopic (exact) mass is 1030 g/mol. The van der Waals surface area contributed by atoms with Crippen molar-refractivity contribution < 1.29 is 32.3 Å². The van der Waals surface area contributed by atoms with Gasteiger partial charge in [0.1, 0.15) is 22.6 Å². The van der Waals surface area contributed by atoms with Crippen LogP contribution in [0.4, 0.5) is 22.7 Å². The van der Waals surface area contributed by atoms with Crippen LogP contribution in [0.3, 0.4) is 0 Å². The van der Waals surface area contributed by atoms with Gasteiger partial charge < -0.3 is 23.8 Å². The van der Waals surface area contributed by atoms with Crippen LogP contribution in [0, 0.1) is 27.0 Å². The van der Waals surface area contributed by atoms with Crippen LogP contribution < -0.4 is 19.3 Å². The SMILES string of the molecule is [C-]#[N+]c1ccc(N2C(=O)C(C)(C)N(CCCOc3ccc(-n4ccnc4)cc3)C2=S)c(C)c1Cl.[C-]#[N+]c1ccc(N2C(=O)C(C)(C)N(CCCOc3ccc(S(=O)(=O)C(C)=O)cc3)C2=S)c(C)c1Cl. The third-order valence-electron chi connectivity index (χ3n) is 11.8. The van der Waals surface area contributed by atoms with Crippen LogP contribution >= 0.6 is 47.6 Å². The lowest BCUT2D eigenvalue weighted by molar-refractivity contribution is -0.124. The summed E-state index contributed by atoms with van der Waals surface area (Å²) in [5.41, 5.74) is 2.39. The molecule has 20 heteroatoms. The number of sulfone groups is 1. The van der Waals surface area contributed by atoms with E-state index in [0.717, 1.165) is 18.4 Å². The first-order valence-corrected chi connectivity index (χ1v) is 24.5. The molecule has 0 atom stereocenters. The summed E-state index contributed by atoms with van der Waals surface area (Å²) < 4.78 is 37.3. The van der Waals surface area contributed by atoms with Gasteiger partial charge in [0.25, 0.3) is 11.8 Å². The quantitative estimate of drug-likeness (QED) is 0.0593. The fourth-order valence-corrected chi connectivity index (χ4v) is 9.89. The minimum atomic E-state index is -3.97. The predicted octanol–water partition coefficient (Wildman–Crippen LogP) is 10.3. The third kappa shape index (κ3) is 10.5. The van der Waals surface area contributed by atoms with Crippen molar-refractivity contribution in [3.63, 3.8) is 0 Å². The number of anilines is 2. The molecule has 7 rings (SSSR count). The van der Waals surface area contributed by atoms with E-state index in [1.165, 1.54) is 34.1 Å². The molecule has 0 radical (unpaired) electrons. The number of ether oxygens (including phenoxy) is 2. The molecule has 2 saturated heterocycles. The van der Waals surface area contributed by atoms with E-state index in [-0.39, 0.29) is 16.7 Å². The first kappa shape index (κ1) is 52.0. The Balaban J connectivity index is 0.000000227. The predicted molar refractivity (Wildman–Crippen MR) is 275 cm³/mol. The summed E-state index contributed by atoms with van der Waals surface area (Å²) in [6, 6.07) is 20.0. The van der Waals surface area contributed by atoms with E-state index in [2.05, 4.69) is 14.7 Å². The minimum Gasteiger partial charge on any atom is -0.494 e. The summed E-state index contributed by atoms with van der Waals surface area (Å²) in [6.07, 6.45) is 6.59. The van der Waals surface area contributed by atoms with Gasteiger partial charge in [-0.3, -0.25) is 24.2 Å². The molecule has 0 aliphatic carbocycles. The summed E-state index contributed by atoms with van der Waals surface area (Å²) in [4.78, 5) is 55.4. The van der Waals surface area contributed by atoms with Gasteiger partial charge in [0.15, 0.2) is 10.2 Å². The number of nitrogens with zero attached hydrogens (tertiary/aromatic N) is 8. The summed E-state index contributed by atoms with van der Waals surface area (Å²) in [5, 5.41) is 0.480. The highest BCUT2D eigenvalue weighted by molar-refractivity contribution is 8.06. The number of benzene rings is 4. The maximum absolute atomic E-state index is 13.3. The number of amides is 2. The zero-order chi connectivity index (χ0) is 50.6. The number of carbonyl (C=O) groups excluding carboxylic acids is 3. The Morgan fingerprint density at radius 2 is 1.13 bits per heavy atom. The Morgan fingerprint density at radius 1 is 0.710 bits per heavy atom. The fraction of sp³-hybridized carbons (Fsp3) is 0.306. The molecular formula is C49H48Cl2N8O7S3. The van der Waals surface area contributed by atoms with Gasteiger partial charge in [-0.25, -0.2) is 23.1 Å². The smallest absolute Gasteiger partial charge is 0.258 e. The number of imidazole rings is 1. The molecule has 358 valence electrons. The van der Waals surface area contributed by atoms with Crippen molar-refractivity contribution in [2.45, 2.75) is 77.3 Å². The second-order valence-electron chi connectivity index (χ2n) is 16.9. The van der Waals surface area contributed by atoms with Crippen LogP contribution in [0.15, 0.2) is 96.4 Å². The van der Waals surface area contributed by atoms with Crippen LogP contribution in [0.1, 0.15) is 58.6 Å². The molecule has 2 aliphatic heterocycles. The average Bonchev–Trinajstić information content (AvgIpc) is 3.96. The average molecular weight is 1030 g/mol. The summed E-state index contributed by atoms with van der Waals surface area (Å²) >= 11 is 24.0. The summed E-state index contributed by atoms with van der Waals surface area (Å²) in [6.45, 7) is 28.1. The second-order valence-corrected chi connectivity index (χ2v) is 20.5. The molecule has 0 unspecified atom stereocenters. The van der Waals surface area contributed by atoms with Gasteiger partial charge in [0.2, 0.25) is 26.3 Å². The lowest BCUT2D eigenvalue weighted by atomic mass is 10.0. The zero-order valence-corrected chi connectivity index (χ0v) is 42.8. The number of aromatic nitrogens is 2. The van der Waals surface area contributed by atoms with Crippen molar-refractivity contribution >= 4 is 107 Å². The molecule has 0 N–H and O–H groups in total. The number of rotatable bonds is 14. The Hall–Kier alpha value is -6.41. The van der Waals surface area contributed by atoms with E-state index in [4.69, 9.17) is 70.3 Å². The number of thiocarbonyl (C=S) groups is 2. The van der Waals surface area contributed by atoms with Crippen LogP contribution in [-0.2, 0) is 24.2 Å². The molecule has 4 aromatic carbocycles. The number of hydrogen-bond acceptors (Lipinski definition) is 10.